The molecular weight excluding hydrogens is 223 g/mol. The monoisotopic (exact) mass is 238 g/mol. The minimum absolute atomic E-state index is 0.139. The first-order valence-corrected chi connectivity index (χ1v) is 5.64. The molecule has 3 N–H and O–H groups in total. The van der Waals surface area contributed by atoms with Gasteiger partial charge in [-0.3, -0.25) is 10.0 Å². The van der Waals surface area contributed by atoms with Crippen molar-refractivity contribution < 1.29 is 14.4 Å². The van der Waals surface area contributed by atoms with Crippen molar-refractivity contribution >= 4 is 5.91 Å². The Labute approximate surface area is 98.8 Å². The summed E-state index contributed by atoms with van der Waals surface area (Å²) in [4.78, 5) is 11.2. The number of nitrogens with one attached hydrogen (secondary N) is 2. The molecule has 5 heteroatoms. The van der Waals surface area contributed by atoms with Crippen LogP contribution in [0.5, 0.6) is 0 Å². The van der Waals surface area contributed by atoms with Gasteiger partial charge in [0.1, 0.15) is 5.82 Å². The molecule has 1 aromatic carbocycles. The van der Waals surface area contributed by atoms with Crippen molar-refractivity contribution in [2.24, 2.45) is 0 Å². The van der Waals surface area contributed by atoms with Gasteiger partial charge in [-0.1, -0.05) is 6.92 Å². The topological polar surface area (TPSA) is 61.4 Å². The number of fused-ring (bicyclic) bond motifs is 1. The van der Waals surface area contributed by atoms with Gasteiger partial charge in [-0.25, -0.2) is 9.87 Å². The van der Waals surface area contributed by atoms with Crippen LogP contribution in [0.1, 0.15) is 34.8 Å². The predicted molar refractivity (Wildman–Crippen MR) is 60.3 cm³/mol. The molecule has 0 aromatic heterocycles. The Hall–Kier alpha value is -1.46. The molecule has 0 bridgehead atoms. The summed E-state index contributed by atoms with van der Waals surface area (Å²) in [5.41, 5.74) is 3.11. The lowest BCUT2D eigenvalue weighted by atomic mass is 9.92. The molecule has 0 radical (unpaired) electrons. The van der Waals surface area contributed by atoms with Gasteiger partial charge in [0.05, 0.1) is 0 Å². The normalized spacial score (nSPS) is 18.6. The number of carbonyl (C=O) groups excluding carboxylic acids is 1. The van der Waals surface area contributed by atoms with Gasteiger partial charge in [0.2, 0.25) is 0 Å². The molecule has 0 aliphatic carbocycles. The van der Waals surface area contributed by atoms with Gasteiger partial charge >= 0.3 is 0 Å². The van der Waals surface area contributed by atoms with Crippen LogP contribution in [0.2, 0.25) is 0 Å². The van der Waals surface area contributed by atoms with E-state index in [9.17, 15) is 9.18 Å². The zero-order valence-corrected chi connectivity index (χ0v) is 9.59. The molecule has 1 unspecified atom stereocenters. The predicted octanol–water partition coefficient (Wildman–Crippen LogP) is 1.37. The molecule has 1 heterocycles. The van der Waals surface area contributed by atoms with E-state index in [0.29, 0.717) is 18.5 Å². The maximum Gasteiger partial charge on any atom is 0.274 e. The van der Waals surface area contributed by atoms with E-state index in [-0.39, 0.29) is 17.4 Å². The standard InChI is InChI=1S/C12H15FN2O2/c1-2-9-5-10-8(6-14-9)3-7(4-11(10)13)12(16)15-17/h3-4,9,14,17H,2,5-6H2,1H3,(H,15,16). The molecule has 1 atom stereocenters. The highest BCUT2D eigenvalue weighted by Gasteiger charge is 2.21. The molecule has 17 heavy (non-hydrogen) atoms. The Morgan fingerprint density at radius 2 is 2.41 bits per heavy atom. The number of benzene rings is 1. The Kier molecular flexibility index (Phi) is 3.40. The van der Waals surface area contributed by atoms with E-state index in [4.69, 9.17) is 5.21 Å². The summed E-state index contributed by atoms with van der Waals surface area (Å²) in [5.74, 6) is -1.06. The molecule has 0 fully saturated rings. The summed E-state index contributed by atoms with van der Waals surface area (Å²) in [6, 6.07) is 3.07. The highest BCUT2D eigenvalue weighted by molar-refractivity contribution is 5.93. The van der Waals surface area contributed by atoms with Crippen LogP contribution in [0.4, 0.5) is 4.39 Å². The molecule has 1 amide bonds. The summed E-state index contributed by atoms with van der Waals surface area (Å²) in [7, 11) is 0. The van der Waals surface area contributed by atoms with Crippen LogP contribution in [0.15, 0.2) is 12.1 Å². The number of rotatable bonds is 2. The minimum atomic E-state index is -0.690. The van der Waals surface area contributed by atoms with Crippen LogP contribution < -0.4 is 10.8 Å². The average Bonchev–Trinajstić information content (AvgIpc) is 2.37. The number of halogens is 1. The van der Waals surface area contributed by atoms with E-state index in [2.05, 4.69) is 5.32 Å². The fourth-order valence-corrected chi connectivity index (χ4v) is 2.14. The Morgan fingerprint density at radius 1 is 1.65 bits per heavy atom. The van der Waals surface area contributed by atoms with Gasteiger partial charge in [-0.15, -0.1) is 0 Å². The molecule has 1 aliphatic heterocycles. The SMILES string of the molecule is CCC1Cc2c(F)cc(C(=O)NO)cc2CN1. The van der Waals surface area contributed by atoms with Crippen molar-refractivity contribution in [1.82, 2.24) is 10.8 Å². The highest BCUT2D eigenvalue weighted by Crippen LogP contribution is 2.23. The summed E-state index contributed by atoms with van der Waals surface area (Å²) in [6.07, 6.45) is 1.58. The van der Waals surface area contributed by atoms with Gasteiger partial charge in [-0.2, -0.15) is 0 Å². The van der Waals surface area contributed by atoms with Gasteiger partial charge in [-0.05, 0) is 36.1 Å². The van der Waals surface area contributed by atoms with Crippen LogP contribution in [-0.4, -0.2) is 17.2 Å². The fraction of sp³-hybridized carbons (Fsp3) is 0.417. The van der Waals surface area contributed by atoms with E-state index >= 15 is 0 Å². The first-order valence-electron chi connectivity index (χ1n) is 5.64. The van der Waals surface area contributed by atoms with Crippen molar-refractivity contribution in [2.75, 3.05) is 0 Å². The Balaban J connectivity index is 2.36. The lowest BCUT2D eigenvalue weighted by molar-refractivity contribution is 0.0705. The third kappa shape index (κ3) is 2.30. The zero-order valence-electron chi connectivity index (χ0n) is 9.59. The van der Waals surface area contributed by atoms with E-state index in [1.54, 1.807) is 6.07 Å². The maximum absolute atomic E-state index is 13.8. The number of hydrogen-bond acceptors (Lipinski definition) is 3. The minimum Gasteiger partial charge on any atom is -0.310 e. The quantitative estimate of drug-likeness (QED) is 0.538. The summed E-state index contributed by atoms with van der Waals surface area (Å²) in [6.45, 7) is 2.60. The molecular formula is C12H15FN2O2. The summed E-state index contributed by atoms with van der Waals surface area (Å²) >= 11 is 0. The number of hydrogen-bond donors (Lipinski definition) is 3. The van der Waals surface area contributed by atoms with Crippen LogP contribution in [0.3, 0.4) is 0 Å². The third-order valence-electron chi connectivity index (χ3n) is 3.18. The first-order chi connectivity index (χ1) is 8.15. The van der Waals surface area contributed by atoms with Gasteiger partial charge in [0.25, 0.3) is 5.91 Å². The molecule has 92 valence electrons. The number of carbonyl (C=O) groups is 1. The first kappa shape index (κ1) is 12.0. The molecule has 0 spiro atoms. The molecule has 2 rings (SSSR count). The van der Waals surface area contributed by atoms with Crippen LogP contribution in [0.25, 0.3) is 0 Å². The second-order valence-corrected chi connectivity index (χ2v) is 4.23. The average molecular weight is 238 g/mol. The van der Waals surface area contributed by atoms with Crippen LogP contribution >= 0.6 is 0 Å². The van der Waals surface area contributed by atoms with Crippen molar-refractivity contribution in [2.45, 2.75) is 32.4 Å². The number of amides is 1. The third-order valence-corrected chi connectivity index (χ3v) is 3.18. The van der Waals surface area contributed by atoms with Gasteiger partial charge < -0.3 is 5.32 Å². The Bertz CT molecular complexity index is 448. The maximum atomic E-state index is 13.8. The second kappa shape index (κ2) is 4.81. The molecule has 1 aliphatic rings. The van der Waals surface area contributed by atoms with Crippen molar-refractivity contribution in [3.8, 4) is 0 Å². The lowest BCUT2D eigenvalue weighted by Gasteiger charge is -2.26. The van der Waals surface area contributed by atoms with Crippen LogP contribution in [-0.2, 0) is 13.0 Å². The Morgan fingerprint density at radius 3 is 3.06 bits per heavy atom. The summed E-state index contributed by atoms with van der Waals surface area (Å²) < 4.78 is 13.8. The van der Waals surface area contributed by atoms with Crippen molar-refractivity contribution in [3.63, 3.8) is 0 Å². The zero-order chi connectivity index (χ0) is 12.4. The number of hydroxylamine groups is 1. The van der Waals surface area contributed by atoms with Crippen molar-refractivity contribution in [3.05, 3.63) is 34.6 Å². The van der Waals surface area contributed by atoms with Gasteiger partial charge in [0.15, 0.2) is 0 Å². The van der Waals surface area contributed by atoms with Crippen molar-refractivity contribution in [1.29, 1.82) is 0 Å². The highest BCUT2D eigenvalue weighted by atomic mass is 19.1. The molecule has 0 saturated heterocycles. The summed E-state index contributed by atoms with van der Waals surface area (Å²) in [5, 5.41) is 11.8. The molecule has 0 saturated carbocycles. The van der Waals surface area contributed by atoms with E-state index in [0.717, 1.165) is 12.0 Å². The smallest absolute Gasteiger partial charge is 0.274 e. The van der Waals surface area contributed by atoms with Crippen LogP contribution in [0, 0.1) is 5.82 Å². The second-order valence-electron chi connectivity index (χ2n) is 4.23. The molecule has 4 nitrogen and oxygen atoms in total. The van der Waals surface area contributed by atoms with Gasteiger partial charge in [0, 0.05) is 18.2 Å². The van der Waals surface area contributed by atoms with E-state index in [1.165, 1.54) is 11.5 Å². The molecule has 1 aromatic rings. The van der Waals surface area contributed by atoms with E-state index < -0.39 is 5.91 Å². The fourth-order valence-electron chi connectivity index (χ4n) is 2.14. The largest absolute Gasteiger partial charge is 0.310 e. The van der Waals surface area contributed by atoms with E-state index in [1.807, 2.05) is 6.92 Å². The lowest BCUT2D eigenvalue weighted by Crippen LogP contribution is -2.35.